The molecule has 0 bridgehead atoms. The number of ether oxygens (including phenoxy) is 1. The molecule has 0 aliphatic heterocycles. The second-order valence-corrected chi connectivity index (χ2v) is 5.06. The summed E-state index contributed by atoms with van der Waals surface area (Å²) in [4.78, 5) is 2.24. The molecule has 0 amide bonds. The van der Waals surface area contributed by atoms with Crippen LogP contribution in [0.4, 0.5) is 0 Å². The predicted octanol–water partition coefficient (Wildman–Crippen LogP) is 1.34. The highest BCUT2D eigenvalue weighted by Crippen LogP contribution is 2.02. The average molecular weight is 260 g/mol. The first-order valence-corrected chi connectivity index (χ1v) is 7.26. The minimum absolute atomic E-state index is 0.312. The zero-order valence-electron chi connectivity index (χ0n) is 12.8. The van der Waals surface area contributed by atoms with Crippen LogP contribution >= 0.6 is 0 Å². The summed E-state index contributed by atoms with van der Waals surface area (Å²) in [7, 11) is 0. The topological polar surface area (TPSA) is 44.7 Å². The van der Waals surface area contributed by atoms with E-state index in [0.717, 1.165) is 26.2 Å². The number of nitrogens with one attached hydrogen (secondary N) is 1. The minimum atomic E-state index is -0.312. The Morgan fingerprint density at radius 2 is 1.78 bits per heavy atom. The van der Waals surface area contributed by atoms with Crippen LogP contribution < -0.4 is 5.32 Å². The number of rotatable bonds is 11. The second kappa shape index (κ2) is 10.7. The first-order valence-electron chi connectivity index (χ1n) is 7.26. The van der Waals surface area contributed by atoms with Crippen molar-refractivity contribution in [1.29, 1.82) is 0 Å². The van der Waals surface area contributed by atoms with E-state index in [1.807, 2.05) is 6.92 Å². The van der Waals surface area contributed by atoms with Gasteiger partial charge in [-0.15, -0.1) is 0 Å². The molecule has 2 N–H and O–H groups in total. The maximum atomic E-state index is 9.99. The van der Waals surface area contributed by atoms with Crippen molar-refractivity contribution in [1.82, 2.24) is 10.2 Å². The number of nitrogens with zero attached hydrogens (tertiary/aromatic N) is 1. The molecule has 0 aliphatic rings. The first kappa shape index (κ1) is 17.8. The highest BCUT2D eigenvalue weighted by atomic mass is 16.5. The van der Waals surface area contributed by atoms with Crippen molar-refractivity contribution in [2.45, 2.75) is 46.8 Å². The van der Waals surface area contributed by atoms with Gasteiger partial charge in [-0.1, -0.05) is 27.7 Å². The summed E-state index contributed by atoms with van der Waals surface area (Å²) in [6.45, 7) is 15.4. The van der Waals surface area contributed by atoms with E-state index in [4.69, 9.17) is 4.74 Å². The van der Waals surface area contributed by atoms with Crippen LogP contribution in [0.25, 0.3) is 0 Å². The molecular formula is C14H32N2O2. The molecule has 4 nitrogen and oxygen atoms in total. The van der Waals surface area contributed by atoms with Crippen LogP contribution in [0.1, 0.15) is 34.6 Å². The summed E-state index contributed by atoms with van der Waals surface area (Å²) in [5.74, 6) is 0.511. The van der Waals surface area contributed by atoms with E-state index in [2.05, 4.69) is 37.9 Å². The van der Waals surface area contributed by atoms with E-state index < -0.39 is 0 Å². The molecule has 0 aromatic carbocycles. The van der Waals surface area contributed by atoms with Crippen molar-refractivity contribution in [3.8, 4) is 0 Å². The molecule has 18 heavy (non-hydrogen) atoms. The third kappa shape index (κ3) is 8.03. The van der Waals surface area contributed by atoms with Gasteiger partial charge in [0.1, 0.15) is 0 Å². The van der Waals surface area contributed by atoms with Crippen LogP contribution in [0.2, 0.25) is 0 Å². The Bertz CT molecular complexity index is 185. The second-order valence-electron chi connectivity index (χ2n) is 5.06. The normalized spacial score (nSPS) is 15.3. The number of hydrogen-bond acceptors (Lipinski definition) is 4. The molecule has 0 aromatic heterocycles. The first-order chi connectivity index (χ1) is 8.54. The van der Waals surface area contributed by atoms with Gasteiger partial charge in [-0.25, -0.2) is 0 Å². The van der Waals surface area contributed by atoms with Crippen LogP contribution in [-0.2, 0) is 4.74 Å². The van der Waals surface area contributed by atoms with Gasteiger partial charge in [-0.3, -0.25) is 0 Å². The molecule has 2 atom stereocenters. The lowest BCUT2D eigenvalue weighted by atomic mass is 10.1. The lowest BCUT2D eigenvalue weighted by molar-refractivity contribution is 0.0850. The van der Waals surface area contributed by atoms with Gasteiger partial charge in [-0.05, 0) is 25.9 Å². The lowest BCUT2D eigenvalue weighted by Gasteiger charge is -2.26. The fraction of sp³-hybridized carbons (Fsp3) is 1.00. The zero-order valence-corrected chi connectivity index (χ0v) is 12.8. The van der Waals surface area contributed by atoms with Crippen molar-refractivity contribution in [3.63, 3.8) is 0 Å². The monoisotopic (exact) mass is 260 g/mol. The quantitative estimate of drug-likeness (QED) is 0.588. The highest BCUT2D eigenvalue weighted by Gasteiger charge is 2.15. The van der Waals surface area contributed by atoms with Crippen molar-refractivity contribution in [2.75, 3.05) is 39.4 Å². The fourth-order valence-electron chi connectivity index (χ4n) is 1.86. The summed E-state index contributed by atoms with van der Waals surface area (Å²) < 4.78 is 5.46. The smallest absolute Gasteiger partial charge is 0.0791 e. The lowest BCUT2D eigenvalue weighted by Crippen LogP contribution is -2.45. The Hall–Kier alpha value is -0.160. The predicted molar refractivity (Wildman–Crippen MR) is 76.9 cm³/mol. The molecule has 0 heterocycles. The molecule has 0 spiro atoms. The molecule has 2 unspecified atom stereocenters. The molecular weight excluding hydrogens is 228 g/mol. The Morgan fingerprint density at radius 1 is 1.17 bits per heavy atom. The van der Waals surface area contributed by atoms with Crippen molar-refractivity contribution in [2.24, 2.45) is 5.92 Å². The molecule has 0 saturated carbocycles. The van der Waals surface area contributed by atoms with Gasteiger partial charge in [0.15, 0.2) is 0 Å². The minimum Gasteiger partial charge on any atom is -0.390 e. The van der Waals surface area contributed by atoms with Crippen LogP contribution in [-0.4, -0.2) is 61.5 Å². The Labute approximate surface area is 113 Å². The summed E-state index contributed by atoms with van der Waals surface area (Å²) in [5, 5.41) is 13.4. The molecule has 0 radical (unpaired) electrons. The number of hydrogen-bond donors (Lipinski definition) is 2. The maximum Gasteiger partial charge on any atom is 0.0791 e. The van der Waals surface area contributed by atoms with Gasteiger partial charge in [0.25, 0.3) is 0 Å². The number of aliphatic hydroxyl groups excluding tert-OH is 1. The molecule has 110 valence electrons. The van der Waals surface area contributed by atoms with Crippen LogP contribution in [0.3, 0.4) is 0 Å². The van der Waals surface area contributed by atoms with Crippen molar-refractivity contribution >= 4 is 0 Å². The van der Waals surface area contributed by atoms with E-state index in [1.54, 1.807) is 0 Å². The third-order valence-corrected chi connectivity index (χ3v) is 3.29. The highest BCUT2D eigenvalue weighted by molar-refractivity contribution is 4.73. The van der Waals surface area contributed by atoms with Gasteiger partial charge >= 0.3 is 0 Å². The molecule has 4 heteroatoms. The maximum absolute atomic E-state index is 9.99. The van der Waals surface area contributed by atoms with Gasteiger partial charge < -0.3 is 20.1 Å². The van der Waals surface area contributed by atoms with Crippen LogP contribution in [0, 0.1) is 5.92 Å². The van der Waals surface area contributed by atoms with Gasteiger partial charge in [0, 0.05) is 25.7 Å². The SMILES string of the molecule is CCOCC(NCC(O)CN(CC)CC)C(C)C. The van der Waals surface area contributed by atoms with Gasteiger partial charge in [0.05, 0.1) is 12.7 Å². The van der Waals surface area contributed by atoms with Crippen LogP contribution in [0.5, 0.6) is 0 Å². The van der Waals surface area contributed by atoms with E-state index in [9.17, 15) is 5.11 Å². The fourth-order valence-corrected chi connectivity index (χ4v) is 1.86. The van der Waals surface area contributed by atoms with E-state index >= 15 is 0 Å². The van der Waals surface area contributed by atoms with Crippen molar-refractivity contribution < 1.29 is 9.84 Å². The largest absolute Gasteiger partial charge is 0.390 e. The van der Waals surface area contributed by atoms with E-state index in [1.165, 1.54) is 0 Å². The number of aliphatic hydroxyl groups is 1. The number of likely N-dealkylation sites (N-methyl/N-ethyl adjacent to an activating group) is 1. The molecule has 0 fully saturated rings. The summed E-state index contributed by atoms with van der Waals surface area (Å²) >= 11 is 0. The molecule has 0 aromatic rings. The van der Waals surface area contributed by atoms with Crippen LogP contribution in [0.15, 0.2) is 0 Å². The van der Waals surface area contributed by atoms with E-state index in [0.29, 0.717) is 25.1 Å². The Balaban J connectivity index is 3.94. The Kier molecular flexibility index (Phi) is 10.6. The molecule has 0 saturated heterocycles. The standard InChI is InChI=1S/C14H32N2O2/c1-6-16(7-2)10-13(17)9-15-14(12(4)5)11-18-8-3/h12-15,17H,6-11H2,1-5H3. The molecule has 0 aliphatic carbocycles. The summed E-state index contributed by atoms with van der Waals surface area (Å²) in [6.07, 6.45) is -0.312. The van der Waals surface area contributed by atoms with Crippen molar-refractivity contribution in [3.05, 3.63) is 0 Å². The summed E-state index contributed by atoms with van der Waals surface area (Å²) in [6, 6.07) is 0.316. The summed E-state index contributed by atoms with van der Waals surface area (Å²) in [5.41, 5.74) is 0. The zero-order chi connectivity index (χ0) is 14.0. The average Bonchev–Trinajstić information content (AvgIpc) is 2.35. The van der Waals surface area contributed by atoms with Gasteiger partial charge in [0.2, 0.25) is 0 Å². The van der Waals surface area contributed by atoms with E-state index in [-0.39, 0.29) is 6.10 Å². The Morgan fingerprint density at radius 3 is 2.22 bits per heavy atom. The third-order valence-electron chi connectivity index (χ3n) is 3.29. The molecule has 0 rings (SSSR count). The van der Waals surface area contributed by atoms with Gasteiger partial charge in [-0.2, -0.15) is 0 Å².